The quantitative estimate of drug-likeness (QED) is 0.149. The van der Waals surface area contributed by atoms with Crippen molar-refractivity contribution in [2.75, 3.05) is 6.61 Å². The second-order valence-corrected chi connectivity index (χ2v) is 10.0. The average Bonchev–Trinajstić information content (AvgIpc) is 3.37. The number of halogens is 3. The maximum Gasteiger partial charge on any atom is 0.416 e. The Hall–Kier alpha value is -5.31. The number of hydrogen-bond acceptors (Lipinski definition) is 5. The summed E-state index contributed by atoms with van der Waals surface area (Å²) in [6.07, 6.45) is -4.47. The Bertz CT molecular complexity index is 2010. The smallest absolute Gasteiger partial charge is 0.416 e. The summed E-state index contributed by atoms with van der Waals surface area (Å²) in [7, 11) is 0. The third kappa shape index (κ3) is 5.37. The Balaban J connectivity index is 1.53. The van der Waals surface area contributed by atoms with E-state index in [0.29, 0.717) is 22.3 Å². The number of benzene rings is 4. The van der Waals surface area contributed by atoms with E-state index in [0.717, 1.165) is 17.5 Å². The van der Waals surface area contributed by atoms with Crippen LogP contribution in [0.15, 0.2) is 112 Å². The second kappa shape index (κ2) is 11.2. The molecule has 0 aliphatic rings. The van der Waals surface area contributed by atoms with Crippen LogP contribution >= 0.6 is 0 Å². The molecule has 2 heterocycles. The van der Waals surface area contributed by atoms with Crippen molar-refractivity contribution in [3.63, 3.8) is 0 Å². The Morgan fingerprint density at radius 3 is 2.35 bits per heavy atom. The van der Waals surface area contributed by atoms with E-state index in [1.807, 2.05) is 6.07 Å². The Morgan fingerprint density at radius 1 is 0.884 bits per heavy atom. The normalized spacial score (nSPS) is 12.4. The Labute approximate surface area is 243 Å². The Kier molecular flexibility index (Phi) is 7.23. The van der Waals surface area contributed by atoms with Gasteiger partial charge in [-0.25, -0.2) is 9.59 Å². The lowest BCUT2D eigenvalue weighted by atomic mass is 9.85. The average molecular weight is 584 g/mol. The van der Waals surface area contributed by atoms with Crippen LogP contribution in [0.3, 0.4) is 0 Å². The van der Waals surface area contributed by atoms with E-state index in [1.165, 1.54) is 18.2 Å². The van der Waals surface area contributed by atoms with Crippen molar-refractivity contribution >= 4 is 27.8 Å². The molecule has 6 aromatic rings. The Morgan fingerprint density at radius 2 is 1.58 bits per heavy atom. The molecule has 0 fully saturated rings. The zero-order valence-electron chi connectivity index (χ0n) is 22.5. The van der Waals surface area contributed by atoms with E-state index in [9.17, 15) is 27.9 Å². The largest absolute Gasteiger partial charge is 0.507 e. The first-order chi connectivity index (χ1) is 20.7. The zero-order chi connectivity index (χ0) is 30.1. The number of hydrogen-bond donors (Lipinski definition) is 2. The molecule has 6 nitrogen and oxygen atoms in total. The second-order valence-electron chi connectivity index (χ2n) is 10.0. The van der Waals surface area contributed by atoms with Crippen molar-refractivity contribution in [1.29, 1.82) is 0 Å². The summed E-state index contributed by atoms with van der Waals surface area (Å²) in [6, 6.07) is 26.7. The van der Waals surface area contributed by atoms with Gasteiger partial charge in [0.15, 0.2) is 0 Å². The van der Waals surface area contributed by atoms with E-state index in [4.69, 9.17) is 9.15 Å². The number of aromatic hydroxyl groups is 1. The fraction of sp³-hybridized carbons (Fsp3) is 0.118. The molecule has 2 N–H and O–H groups in total. The number of nitrogens with one attached hydrogen (secondary N) is 1. The molecule has 6 rings (SSSR count). The zero-order valence-corrected chi connectivity index (χ0v) is 22.5. The molecule has 216 valence electrons. The van der Waals surface area contributed by atoms with Crippen molar-refractivity contribution in [3.8, 4) is 5.75 Å². The first kappa shape index (κ1) is 27.8. The lowest BCUT2D eigenvalue weighted by molar-refractivity contribution is -0.137. The number of rotatable bonds is 7. The molecule has 1 unspecified atom stereocenters. The number of carbonyl (C=O) groups is 1. The van der Waals surface area contributed by atoms with Crippen LogP contribution in [-0.2, 0) is 17.3 Å². The highest BCUT2D eigenvalue weighted by Crippen LogP contribution is 2.42. The number of H-pyrrole nitrogens is 1. The van der Waals surface area contributed by atoms with Crippen LogP contribution < -0.4 is 5.63 Å². The van der Waals surface area contributed by atoms with E-state index >= 15 is 0 Å². The monoisotopic (exact) mass is 583 g/mol. The maximum absolute atomic E-state index is 13.8. The van der Waals surface area contributed by atoms with E-state index in [2.05, 4.69) is 4.98 Å². The molecule has 43 heavy (non-hydrogen) atoms. The third-order valence-corrected chi connectivity index (χ3v) is 7.39. The number of esters is 1. The van der Waals surface area contributed by atoms with E-state index in [-0.39, 0.29) is 35.1 Å². The number of alkyl halides is 3. The number of fused-ring (bicyclic) bond motifs is 2. The highest BCUT2D eigenvalue weighted by molar-refractivity contribution is 5.90. The van der Waals surface area contributed by atoms with Gasteiger partial charge in [0.1, 0.15) is 11.3 Å². The van der Waals surface area contributed by atoms with Gasteiger partial charge in [0, 0.05) is 23.0 Å². The van der Waals surface area contributed by atoms with E-state index < -0.39 is 35.0 Å². The number of aromatic nitrogens is 1. The number of para-hydroxylation sites is 2. The fourth-order valence-corrected chi connectivity index (χ4v) is 5.41. The van der Waals surface area contributed by atoms with Crippen LogP contribution in [-0.4, -0.2) is 22.7 Å². The predicted molar refractivity (Wildman–Crippen MR) is 155 cm³/mol. The van der Waals surface area contributed by atoms with Crippen LogP contribution in [0.1, 0.15) is 44.2 Å². The van der Waals surface area contributed by atoms with E-state index in [1.54, 1.807) is 66.7 Å². The molecule has 2 aromatic heterocycles. The molecule has 0 spiro atoms. The maximum atomic E-state index is 13.8. The van der Waals surface area contributed by atoms with Gasteiger partial charge in [-0.2, -0.15) is 13.2 Å². The highest BCUT2D eigenvalue weighted by Gasteiger charge is 2.34. The molecule has 0 bridgehead atoms. The van der Waals surface area contributed by atoms with Crippen molar-refractivity contribution in [2.45, 2.75) is 18.5 Å². The molecule has 0 aliphatic carbocycles. The van der Waals surface area contributed by atoms with Crippen LogP contribution in [0.4, 0.5) is 13.2 Å². The molecule has 9 heteroatoms. The minimum atomic E-state index is -4.65. The standard InChI is InChI=1S/C34H24F3NO5/c35-34(36,37)22-12-8-11-21(19-22)28(29-31(39)25-14-5-7-16-27(25)43-33(29)41)30-24(23-13-4-6-15-26(23)38-30)17-18-42-32(40)20-9-2-1-3-10-20/h1-16,19,28,38-39H,17-18H2. The minimum Gasteiger partial charge on any atom is -0.507 e. The van der Waals surface area contributed by atoms with Gasteiger partial charge in [-0.3, -0.25) is 0 Å². The van der Waals surface area contributed by atoms with Gasteiger partial charge >= 0.3 is 17.8 Å². The van der Waals surface area contributed by atoms with Crippen LogP contribution in [0.2, 0.25) is 0 Å². The molecule has 4 aromatic carbocycles. The number of carbonyl (C=O) groups excluding carboxylic acids is 1. The summed E-state index contributed by atoms with van der Waals surface area (Å²) in [5.41, 5.74) is 0.258. The SMILES string of the molecule is O=C(OCCc1c(C(c2cccc(C(F)(F)F)c2)c2c(O)c3ccccc3oc2=O)[nH]c2ccccc12)c1ccccc1. The van der Waals surface area contributed by atoms with Crippen molar-refractivity contribution in [1.82, 2.24) is 4.98 Å². The first-order valence-corrected chi connectivity index (χ1v) is 13.5. The van der Waals surface area contributed by atoms with Gasteiger partial charge < -0.3 is 19.2 Å². The van der Waals surface area contributed by atoms with Crippen LogP contribution in [0, 0.1) is 0 Å². The molecule has 0 saturated carbocycles. The fourth-order valence-electron chi connectivity index (χ4n) is 5.41. The predicted octanol–water partition coefficient (Wildman–Crippen LogP) is 7.58. The highest BCUT2D eigenvalue weighted by atomic mass is 19.4. The van der Waals surface area contributed by atoms with Gasteiger partial charge in [-0.05, 0) is 47.5 Å². The summed E-state index contributed by atoms with van der Waals surface area (Å²) in [6.45, 7) is -0.0454. The van der Waals surface area contributed by atoms with Crippen molar-refractivity contribution in [3.05, 3.63) is 147 Å². The molecule has 0 saturated heterocycles. The van der Waals surface area contributed by atoms with Gasteiger partial charge in [-0.1, -0.05) is 66.7 Å². The number of ether oxygens (including phenoxy) is 1. The molecule has 0 aliphatic heterocycles. The summed E-state index contributed by atoms with van der Waals surface area (Å²) >= 11 is 0. The number of aromatic amines is 1. The first-order valence-electron chi connectivity index (χ1n) is 13.5. The van der Waals surface area contributed by atoms with Gasteiger partial charge in [0.05, 0.1) is 34.6 Å². The molecular weight excluding hydrogens is 559 g/mol. The lowest BCUT2D eigenvalue weighted by Crippen LogP contribution is -2.18. The molecule has 1 atom stereocenters. The third-order valence-electron chi connectivity index (χ3n) is 7.39. The molecule has 0 amide bonds. The van der Waals surface area contributed by atoms with Gasteiger partial charge in [-0.15, -0.1) is 0 Å². The van der Waals surface area contributed by atoms with Crippen LogP contribution in [0.5, 0.6) is 5.75 Å². The summed E-state index contributed by atoms with van der Waals surface area (Å²) in [5, 5.41) is 12.4. The molecular formula is C34H24F3NO5. The van der Waals surface area contributed by atoms with Gasteiger partial charge in [0.2, 0.25) is 0 Å². The minimum absolute atomic E-state index is 0.0454. The van der Waals surface area contributed by atoms with Crippen LogP contribution in [0.25, 0.3) is 21.9 Å². The summed E-state index contributed by atoms with van der Waals surface area (Å²) in [5.74, 6) is -2.10. The van der Waals surface area contributed by atoms with Crippen molar-refractivity contribution in [2.24, 2.45) is 0 Å². The summed E-state index contributed by atoms with van der Waals surface area (Å²) in [4.78, 5) is 29.4. The summed E-state index contributed by atoms with van der Waals surface area (Å²) < 4.78 is 52.6. The topological polar surface area (TPSA) is 92.5 Å². The molecule has 0 radical (unpaired) electrons. The lowest BCUT2D eigenvalue weighted by Gasteiger charge is -2.21. The van der Waals surface area contributed by atoms with Crippen molar-refractivity contribution < 1.29 is 32.2 Å². The van der Waals surface area contributed by atoms with Gasteiger partial charge in [0.25, 0.3) is 0 Å².